The number of carbonyl (C=O) groups excluding carboxylic acids is 2. The molecule has 166 valence electrons. The van der Waals surface area contributed by atoms with Gasteiger partial charge in [0.15, 0.2) is 5.69 Å². The smallest absolute Gasteiger partial charge is 0.220 e. The zero-order chi connectivity index (χ0) is 22.5. The SMILES string of the molecule is O=C1c2ccccc2C(=O)c2c1n[n+]([O-])n2CCN1CCN(c2nccc3occc23)CC1. The van der Waals surface area contributed by atoms with Crippen molar-refractivity contribution in [3.63, 3.8) is 0 Å². The highest BCUT2D eigenvalue weighted by molar-refractivity contribution is 6.26. The van der Waals surface area contributed by atoms with Gasteiger partial charge in [-0.2, -0.15) is 0 Å². The molecule has 0 saturated carbocycles. The van der Waals surface area contributed by atoms with Gasteiger partial charge >= 0.3 is 0 Å². The Kier molecular flexibility index (Phi) is 4.47. The number of carbonyl (C=O) groups is 2. The summed E-state index contributed by atoms with van der Waals surface area (Å²) >= 11 is 0. The van der Waals surface area contributed by atoms with Gasteiger partial charge in [-0.3, -0.25) is 14.5 Å². The van der Waals surface area contributed by atoms with Gasteiger partial charge in [-0.15, -0.1) is 4.68 Å². The number of anilines is 1. The van der Waals surface area contributed by atoms with E-state index in [1.54, 1.807) is 36.7 Å². The second kappa shape index (κ2) is 7.52. The normalized spacial score (nSPS) is 16.3. The highest BCUT2D eigenvalue weighted by Crippen LogP contribution is 2.27. The molecule has 4 heterocycles. The Labute approximate surface area is 188 Å². The molecule has 4 aromatic rings. The maximum absolute atomic E-state index is 13.0. The molecule has 0 amide bonds. The van der Waals surface area contributed by atoms with Crippen LogP contribution in [0.5, 0.6) is 0 Å². The van der Waals surface area contributed by atoms with E-state index in [0.717, 1.165) is 43.0 Å². The average molecular weight is 444 g/mol. The van der Waals surface area contributed by atoms with E-state index < -0.39 is 5.78 Å². The topological polar surface area (TPSA) is 111 Å². The Bertz CT molecular complexity index is 1400. The van der Waals surface area contributed by atoms with E-state index in [2.05, 4.69) is 19.9 Å². The lowest BCUT2D eigenvalue weighted by Gasteiger charge is -2.35. The second-order valence-electron chi connectivity index (χ2n) is 8.17. The number of fused-ring (bicyclic) bond motifs is 3. The molecule has 6 rings (SSSR count). The van der Waals surface area contributed by atoms with Crippen LogP contribution >= 0.6 is 0 Å². The molecule has 0 atom stereocenters. The summed E-state index contributed by atoms with van der Waals surface area (Å²) < 4.78 is 6.75. The standard InChI is InChI=1S/C23H20N6O4/c30-21-15-3-1-2-4-16(15)22(31)20-19(21)25-29(32)28(20)13-10-26-8-11-27(12-9-26)23-17-6-14-33-18(17)5-7-24-23/h1-7,14H,8-13H2. The van der Waals surface area contributed by atoms with Gasteiger partial charge in [-0.1, -0.05) is 24.3 Å². The van der Waals surface area contributed by atoms with Crippen LogP contribution < -0.4 is 9.86 Å². The van der Waals surface area contributed by atoms with Crippen LogP contribution in [0.1, 0.15) is 32.1 Å². The van der Waals surface area contributed by atoms with Crippen molar-refractivity contribution in [3.05, 3.63) is 76.6 Å². The first kappa shape index (κ1) is 19.6. The van der Waals surface area contributed by atoms with Crippen LogP contribution in [0.3, 0.4) is 0 Å². The van der Waals surface area contributed by atoms with Crippen molar-refractivity contribution < 1.29 is 19.0 Å². The van der Waals surface area contributed by atoms with Crippen molar-refractivity contribution in [2.45, 2.75) is 6.54 Å². The quantitative estimate of drug-likeness (QED) is 0.301. The maximum Gasteiger partial charge on any atom is 0.220 e. The van der Waals surface area contributed by atoms with Crippen LogP contribution in [-0.2, 0) is 6.54 Å². The van der Waals surface area contributed by atoms with Crippen LogP contribution in [0.2, 0.25) is 0 Å². The molecule has 0 spiro atoms. The van der Waals surface area contributed by atoms with E-state index >= 15 is 0 Å². The number of piperazine rings is 1. The van der Waals surface area contributed by atoms with Crippen LogP contribution in [0.25, 0.3) is 11.0 Å². The van der Waals surface area contributed by atoms with Crippen molar-refractivity contribution in [3.8, 4) is 0 Å². The van der Waals surface area contributed by atoms with E-state index in [1.807, 2.05) is 12.1 Å². The minimum absolute atomic E-state index is 0.0715. The van der Waals surface area contributed by atoms with Crippen molar-refractivity contribution in [1.82, 2.24) is 19.7 Å². The Hall–Kier alpha value is -4.05. The number of aromatic nitrogens is 4. The first-order valence-corrected chi connectivity index (χ1v) is 10.8. The molecule has 1 saturated heterocycles. The lowest BCUT2D eigenvalue weighted by atomic mass is 9.90. The minimum atomic E-state index is -0.391. The number of hydrogen-bond acceptors (Lipinski definition) is 8. The summed E-state index contributed by atoms with van der Waals surface area (Å²) in [6.07, 6.45) is 3.42. The summed E-state index contributed by atoms with van der Waals surface area (Å²) in [5.74, 6) is 0.175. The molecule has 1 aliphatic heterocycles. The summed E-state index contributed by atoms with van der Waals surface area (Å²) in [7, 11) is 0. The first-order chi connectivity index (χ1) is 16.1. The number of hydrogen-bond donors (Lipinski definition) is 0. The highest BCUT2D eigenvalue weighted by Gasteiger charge is 2.39. The Balaban J connectivity index is 1.17. The Morgan fingerprint density at radius 3 is 2.52 bits per heavy atom. The summed E-state index contributed by atoms with van der Waals surface area (Å²) in [5, 5.41) is 17.3. The van der Waals surface area contributed by atoms with Gasteiger partial charge in [0.25, 0.3) is 0 Å². The van der Waals surface area contributed by atoms with Gasteiger partial charge in [-0.25, -0.2) is 4.98 Å². The second-order valence-corrected chi connectivity index (χ2v) is 8.17. The van der Waals surface area contributed by atoms with Gasteiger partial charge in [0.05, 0.1) is 18.2 Å². The van der Waals surface area contributed by atoms with Gasteiger partial charge in [0.2, 0.25) is 17.3 Å². The largest absolute Gasteiger partial charge is 0.571 e. The van der Waals surface area contributed by atoms with Crippen LogP contribution in [0, 0.1) is 5.21 Å². The van der Waals surface area contributed by atoms with E-state index in [-0.39, 0.29) is 29.3 Å². The zero-order valence-electron chi connectivity index (χ0n) is 17.7. The van der Waals surface area contributed by atoms with E-state index in [9.17, 15) is 14.8 Å². The number of pyridine rings is 1. The molecule has 3 aromatic heterocycles. The molecule has 1 aliphatic carbocycles. The summed E-state index contributed by atoms with van der Waals surface area (Å²) in [4.78, 5) is 35.1. The average Bonchev–Trinajstić information content (AvgIpc) is 3.46. The Morgan fingerprint density at radius 2 is 1.73 bits per heavy atom. The van der Waals surface area contributed by atoms with E-state index in [1.165, 1.54) is 4.68 Å². The number of benzene rings is 1. The fraction of sp³-hybridized carbons (Fsp3) is 0.261. The molecule has 10 nitrogen and oxygen atoms in total. The molecule has 1 aromatic carbocycles. The fourth-order valence-electron chi connectivity index (χ4n) is 4.66. The van der Waals surface area contributed by atoms with Gasteiger partial charge in [0, 0.05) is 60.1 Å². The van der Waals surface area contributed by atoms with E-state index in [4.69, 9.17) is 4.42 Å². The minimum Gasteiger partial charge on any atom is -0.571 e. The third-order valence-corrected chi connectivity index (χ3v) is 6.38. The monoisotopic (exact) mass is 444 g/mol. The highest BCUT2D eigenvalue weighted by atomic mass is 16.5. The summed E-state index contributed by atoms with van der Waals surface area (Å²) in [6, 6.07) is 10.4. The summed E-state index contributed by atoms with van der Waals surface area (Å²) in [5.41, 5.74) is 1.41. The molecule has 0 unspecified atom stereocenters. The summed E-state index contributed by atoms with van der Waals surface area (Å²) in [6.45, 7) is 3.94. The third kappa shape index (κ3) is 3.10. The zero-order valence-corrected chi connectivity index (χ0v) is 17.7. The van der Waals surface area contributed by atoms with Gasteiger partial charge in [-0.05, 0) is 12.1 Å². The van der Waals surface area contributed by atoms with E-state index in [0.29, 0.717) is 17.1 Å². The molecule has 0 bridgehead atoms. The molecular formula is C23H20N6O4. The lowest BCUT2D eigenvalue weighted by Crippen LogP contribution is -2.49. The molecule has 1 fully saturated rings. The van der Waals surface area contributed by atoms with Gasteiger partial charge < -0.3 is 14.5 Å². The Morgan fingerprint density at radius 1 is 0.970 bits per heavy atom. The van der Waals surface area contributed by atoms with Crippen LogP contribution in [0.4, 0.5) is 5.82 Å². The number of ketones is 2. The molecular weight excluding hydrogens is 424 g/mol. The number of nitrogens with zero attached hydrogens (tertiary/aromatic N) is 6. The third-order valence-electron chi connectivity index (χ3n) is 6.38. The number of furan rings is 1. The predicted octanol–water partition coefficient (Wildman–Crippen LogP) is 1.26. The van der Waals surface area contributed by atoms with Crippen molar-refractivity contribution >= 4 is 28.4 Å². The van der Waals surface area contributed by atoms with Crippen LogP contribution in [-0.4, -0.2) is 64.0 Å². The van der Waals surface area contributed by atoms with Crippen molar-refractivity contribution in [1.29, 1.82) is 0 Å². The van der Waals surface area contributed by atoms with Crippen molar-refractivity contribution in [2.75, 3.05) is 37.6 Å². The molecule has 10 heteroatoms. The molecule has 0 N–H and O–H groups in total. The first-order valence-electron chi connectivity index (χ1n) is 10.8. The maximum atomic E-state index is 13.0. The lowest BCUT2D eigenvalue weighted by molar-refractivity contribution is -0.749. The fourth-order valence-corrected chi connectivity index (χ4v) is 4.66. The van der Waals surface area contributed by atoms with Gasteiger partial charge in [0.1, 0.15) is 11.4 Å². The molecule has 0 radical (unpaired) electrons. The molecule has 33 heavy (non-hydrogen) atoms. The van der Waals surface area contributed by atoms with Crippen molar-refractivity contribution in [2.24, 2.45) is 0 Å². The predicted molar refractivity (Wildman–Crippen MR) is 117 cm³/mol. The van der Waals surface area contributed by atoms with Crippen LogP contribution in [0.15, 0.2) is 53.3 Å². The number of rotatable bonds is 4. The molecule has 2 aliphatic rings.